The lowest BCUT2D eigenvalue weighted by Gasteiger charge is -2.08. The van der Waals surface area contributed by atoms with Crippen molar-refractivity contribution in [3.05, 3.63) is 63.2 Å². The highest BCUT2D eigenvalue weighted by Crippen LogP contribution is 2.27. The zero-order chi connectivity index (χ0) is 17.0. The smallest absolute Gasteiger partial charge is 0.293 e. The minimum Gasteiger partial charge on any atom is -0.379 e. The quantitative estimate of drug-likeness (QED) is 0.610. The number of nitrogens with one attached hydrogen (secondary N) is 1. The highest BCUT2D eigenvalue weighted by molar-refractivity contribution is 7.89. The lowest BCUT2D eigenvalue weighted by molar-refractivity contribution is -0.383. The molecule has 0 radical (unpaired) electrons. The van der Waals surface area contributed by atoms with Crippen LogP contribution in [0.5, 0.6) is 0 Å². The van der Waals surface area contributed by atoms with Crippen LogP contribution in [0, 0.1) is 10.1 Å². The highest BCUT2D eigenvalue weighted by Gasteiger charge is 2.13. The maximum atomic E-state index is 11.2. The Morgan fingerprint density at radius 1 is 1.17 bits per heavy atom. The third kappa shape index (κ3) is 4.65. The molecule has 7 nitrogen and oxygen atoms in total. The number of hydrogen-bond acceptors (Lipinski definition) is 5. The molecule has 0 saturated heterocycles. The van der Waals surface area contributed by atoms with E-state index in [4.69, 9.17) is 16.7 Å². The molecule has 0 fully saturated rings. The van der Waals surface area contributed by atoms with Crippen molar-refractivity contribution in [3.8, 4) is 0 Å². The molecule has 23 heavy (non-hydrogen) atoms. The fourth-order valence-electron chi connectivity index (χ4n) is 1.99. The summed E-state index contributed by atoms with van der Waals surface area (Å²) in [6.07, 6.45) is 0.560. The molecule has 2 aromatic carbocycles. The van der Waals surface area contributed by atoms with Crippen LogP contribution >= 0.6 is 11.6 Å². The number of nitrogens with two attached hydrogens (primary N) is 1. The van der Waals surface area contributed by atoms with Gasteiger partial charge >= 0.3 is 0 Å². The molecule has 0 aliphatic rings. The standard InChI is InChI=1S/C14H14ClN3O4S/c15-11-3-6-13(14(9-11)18(19)20)17-8-7-10-1-4-12(5-2-10)23(16,21)22/h1-6,9,17H,7-8H2,(H2,16,21,22). The zero-order valence-electron chi connectivity index (χ0n) is 11.9. The third-order valence-corrected chi connectivity index (χ3v) is 4.30. The van der Waals surface area contributed by atoms with Crippen molar-refractivity contribution >= 4 is 33.0 Å². The predicted octanol–water partition coefficient (Wildman–Crippen LogP) is 2.55. The first-order valence-electron chi connectivity index (χ1n) is 6.57. The van der Waals surface area contributed by atoms with E-state index in [1.807, 2.05) is 0 Å². The number of nitrogens with zero attached hydrogens (tertiary/aromatic N) is 1. The normalized spacial score (nSPS) is 11.2. The van der Waals surface area contributed by atoms with Crippen LogP contribution in [0.2, 0.25) is 5.02 Å². The molecule has 0 aliphatic carbocycles. The van der Waals surface area contributed by atoms with Crippen LogP contribution in [0.3, 0.4) is 0 Å². The molecule has 0 aliphatic heterocycles. The van der Waals surface area contributed by atoms with Gasteiger partial charge in [-0.2, -0.15) is 0 Å². The minimum atomic E-state index is -3.71. The molecule has 9 heteroatoms. The molecule has 122 valence electrons. The van der Waals surface area contributed by atoms with Gasteiger partial charge in [-0.3, -0.25) is 10.1 Å². The van der Waals surface area contributed by atoms with Crippen LogP contribution in [-0.4, -0.2) is 19.9 Å². The van der Waals surface area contributed by atoms with Gasteiger partial charge in [-0.1, -0.05) is 23.7 Å². The summed E-state index contributed by atoms with van der Waals surface area (Å²) in [5.41, 5.74) is 1.16. The number of sulfonamides is 1. The summed E-state index contributed by atoms with van der Waals surface area (Å²) >= 11 is 5.75. The van der Waals surface area contributed by atoms with E-state index in [1.54, 1.807) is 24.3 Å². The summed E-state index contributed by atoms with van der Waals surface area (Å²) in [5.74, 6) is 0. The topological polar surface area (TPSA) is 115 Å². The van der Waals surface area contributed by atoms with Gasteiger partial charge in [0.1, 0.15) is 5.69 Å². The Morgan fingerprint density at radius 2 is 1.83 bits per heavy atom. The molecule has 0 spiro atoms. The van der Waals surface area contributed by atoms with Crippen molar-refractivity contribution in [2.24, 2.45) is 5.14 Å². The molecule has 0 heterocycles. The van der Waals surface area contributed by atoms with Gasteiger partial charge < -0.3 is 5.32 Å². The minimum absolute atomic E-state index is 0.0440. The molecule has 3 N–H and O–H groups in total. The highest BCUT2D eigenvalue weighted by atomic mass is 35.5. The third-order valence-electron chi connectivity index (χ3n) is 3.14. The van der Waals surface area contributed by atoms with Gasteiger partial charge in [-0.25, -0.2) is 13.6 Å². The first kappa shape index (κ1) is 17.2. The molecular weight excluding hydrogens is 342 g/mol. The molecule has 0 unspecified atom stereocenters. The van der Waals surface area contributed by atoms with Crippen LogP contribution in [-0.2, 0) is 16.4 Å². The van der Waals surface area contributed by atoms with Crippen LogP contribution in [0.15, 0.2) is 47.4 Å². The lowest BCUT2D eigenvalue weighted by atomic mass is 10.1. The van der Waals surface area contributed by atoms with Gasteiger partial charge in [-0.05, 0) is 36.2 Å². The number of benzene rings is 2. The Kier molecular flexibility index (Phi) is 5.19. The van der Waals surface area contributed by atoms with E-state index in [2.05, 4.69) is 5.32 Å². The van der Waals surface area contributed by atoms with E-state index in [1.165, 1.54) is 18.2 Å². The summed E-state index contributed by atoms with van der Waals surface area (Å²) in [4.78, 5) is 10.5. The summed E-state index contributed by atoms with van der Waals surface area (Å²) in [6, 6.07) is 10.5. The molecular formula is C14H14ClN3O4S. The van der Waals surface area contributed by atoms with Gasteiger partial charge in [-0.15, -0.1) is 0 Å². The van der Waals surface area contributed by atoms with E-state index in [0.29, 0.717) is 23.7 Å². The number of nitro groups is 1. The molecule has 0 saturated carbocycles. The van der Waals surface area contributed by atoms with Crippen molar-refractivity contribution in [1.29, 1.82) is 0 Å². The number of anilines is 1. The molecule has 0 aromatic heterocycles. The van der Waals surface area contributed by atoms with Crippen molar-refractivity contribution < 1.29 is 13.3 Å². The Balaban J connectivity index is 2.02. The summed E-state index contributed by atoms with van der Waals surface area (Å²) in [6.45, 7) is 0.442. The number of primary sulfonamides is 1. The summed E-state index contributed by atoms with van der Waals surface area (Å²) < 4.78 is 22.3. The molecule has 0 amide bonds. The second-order valence-corrected chi connectivity index (χ2v) is 6.78. The average Bonchev–Trinajstić information content (AvgIpc) is 2.48. The Bertz CT molecular complexity index is 822. The average molecular weight is 356 g/mol. The number of hydrogen-bond donors (Lipinski definition) is 2. The van der Waals surface area contributed by atoms with Gasteiger partial charge in [0, 0.05) is 17.6 Å². The van der Waals surface area contributed by atoms with Crippen LogP contribution in [0.25, 0.3) is 0 Å². The van der Waals surface area contributed by atoms with Gasteiger partial charge in [0.25, 0.3) is 5.69 Å². The van der Waals surface area contributed by atoms with Crippen LogP contribution in [0.1, 0.15) is 5.56 Å². The maximum absolute atomic E-state index is 11.2. The van der Waals surface area contributed by atoms with Crippen molar-refractivity contribution in [2.75, 3.05) is 11.9 Å². The van der Waals surface area contributed by atoms with Gasteiger partial charge in [0.05, 0.1) is 9.82 Å². The van der Waals surface area contributed by atoms with E-state index in [0.717, 1.165) is 5.56 Å². The largest absolute Gasteiger partial charge is 0.379 e. The molecule has 0 bridgehead atoms. The van der Waals surface area contributed by atoms with Gasteiger partial charge in [0.15, 0.2) is 0 Å². The fourth-order valence-corrected chi connectivity index (χ4v) is 2.67. The van der Waals surface area contributed by atoms with Crippen molar-refractivity contribution in [3.63, 3.8) is 0 Å². The predicted molar refractivity (Wildman–Crippen MR) is 88.1 cm³/mol. The van der Waals surface area contributed by atoms with Gasteiger partial charge in [0.2, 0.25) is 10.0 Å². The molecule has 2 rings (SSSR count). The first-order valence-corrected chi connectivity index (χ1v) is 8.49. The van der Waals surface area contributed by atoms with E-state index in [-0.39, 0.29) is 10.6 Å². The summed E-state index contributed by atoms with van der Waals surface area (Å²) in [5, 5.41) is 19.3. The first-order chi connectivity index (χ1) is 10.8. The number of nitro benzene ring substituents is 1. The second kappa shape index (κ2) is 6.95. The molecule has 2 aromatic rings. The van der Waals surface area contributed by atoms with Crippen molar-refractivity contribution in [2.45, 2.75) is 11.3 Å². The van der Waals surface area contributed by atoms with Crippen molar-refractivity contribution in [1.82, 2.24) is 0 Å². The zero-order valence-corrected chi connectivity index (χ0v) is 13.5. The Hall–Kier alpha value is -2.16. The Labute approximate surface area is 138 Å². The number of halogens is 1. The van der Waals surface area contributed by atoms with Crippen LogP contribution < -0.4 is 10.5 Å². The lowest BCUT2D eigenvalue weighted by Crippen LogP contribution is -2.12. The SMILES string of the molecule is NS(=O)(=O)c1ccc(CCNc2ccc(Cl)cc2[N+](=O)[O-])cc1. The fraction of sp³-hybridized carbons (Fsp3) is 0.143. The summed E-state index contributed by atoms with van der Waals surface area (Å²) in [7, 11) is -3.71. The Morgan fingerprint density at radius 3 is 2.39 bits per heavy atom. The monoisotopic (exact) mass is 355 g/mol. The van der Waals surface area contributed by atoms with E-state index >= 15 is 0 Å². The van der Waals surface area contributed by atoms with E-state index in [9.17, 15) is 18.5 Å². The van der Waals surface area contributed by atoms with Crippen LogP contribution in [0.4, 0.5) is 11.4 Å². The number of rotatable bonds is 6. The molecule has 0 atom stereocenters. The second-order valence-electron chi connectivity index (χ2n) is 4.78. The maximum Gasteiger partial charge on any atom is 0.293 e. The van der Waals surface area contributed by atoms with E-state index < -0.39 is 14.9 Å².